The maximum absolute atomic E-state index is 8.91. The lowest BCUT2D eigenvalue weighted by Crippen LogP contribution is -2.19. The molecular weight excluding hydrogens is 610 g/mol. The van der Waals surface area contributed by atoms with Gasteiger partial charge >= 0.3 is 0 Å². The normalized spacial score (nSPS) is 21.3. The molecule has 1 N–H and O–H groups in total. The molecule has 2 aromatic heterocycles. The van der Waals surface area contributed by atoms with Crippen LogP contribution in [0.4, 0.5) is 0 Å². The van der Waals surface area contributed by atoms with Gasteiger partial charge in [-0.2, -0.15) is 4.98 Å². The topological polar surface area (TPSA) is 92.2 Å². The van der Waals surface area contributed by atoms with E-state index < -0.39 is 0 Å². The van der Waals surface area contributed by atoms with Crippen molar-refractivity contribution in [2.45, 2.75) is 89.0 Å². The van der Waals surface area contributed by atoms with Crippen LogP contribution in [0, 0.1) is 0 Å². The number of aromatic nitrogens is 2. The van der Waals surface area contributed by atoms with E-state index in [0.717, 1.165) is 35.4 Å². The molecule has 2 aromatic rings. The number of aliphatic hydroxyl groups excluding tert-OH is 1. The van der Waals surface area contributed by atoms with Crippen molar-refractivity contribution in [2.75, 3.05) is 26.4 Å². The highest BCUT2D eigenvalue weighted by atomic mass is 35.5. The van der Waals surface area contributed by atoms with Crippen molar-refractivity contribution in [1.82, 2.24) is 9.97 Å². The molecule has 4 heterocycles. The summed E-state index contributed by atoms with van der Waals surface area (Å²) in [6.07, 6.45) is 11.5. The van der Waals surface area contributed by atoms with E-state index >= 15 is 0 Å². The Morgan fingerprint density at radius 2 is 1.16 bits per heavy atom. The molecule has 4 fully saturated rings. The summed E-state index contributed by atoms with van der Waals surface area (Å²) < 4.78 is 27.6. The first kappa shape index (κ1) is 32.8. The second-order valence-corrected chi connectivity index (χ2v) is 12.4. The second-order valence-electron chi connectivity index (χ2n) is 9.07. The van der Waals surface area contributed by atoms with Crippen molar-refractivity contribution in [1.29, 1.82) is 0 Å². The van der Waals surface area contributed by atoms with Gasteiger partial charge in [0.05, 0.1) is 32.5 Å². The number of rotatable bonds is 4. The zero-order chi connectivity index (χ0) is 26.0. The molecule has 38 heavy (non-hydrogen) atoms. The molecule has 0 unspecified atom stereocenters. The van der Waals surface area contributed by atoms with Crippen LogP contribution in [0.2, 0.25) is 14.8 Å². The van der Waals surface area contributed by atoms with Crippen LogP contribution in [0.3, 0.4) is 0 Å². The van der Waals surface area contributed by atoms with Crippen LogP contribution < -0.4 is 4.74 Å². The van der Waals surface area contributed by atoms with Crippen molar-refractivity contribution < 1.29 is 28.8 Å². The molecule has 2 aliphatic carbocycles. The van der Waals surface area contributed by atoms with Crippen LogP contribution in [-0.4, -0.2) is 71.1 Å². The fourth-order valence-electron chi connectivity index (χ4n) is 4.35. The van der Waals surface area contributed by atoms with Gasteiger partial charge in [-0.15, -0.1) is 11.3 Å². The number of aliphatic hydroxyl groups is 1. The van der Waals surface area contributed by atoms with Gasteiger partial charge in [-0.05, 0) is 38.5 Å². The quantitative estimate of drug-likeness (QED) is 0.395. The largest absolute Gasteiger partial charge is 0.467 e. The summed E-state index contributed by atoms with van der Waals surface area (Å²) in [5.74, 6) is 0. The van der Waals surface area contributed by atoms with Gasteiger partial charge < -0.3 is 28.8 Å². The van der Waals surface area contributed by atoms with Crippen molar-refractivity contribution in [3.8, 4) is 5.19 Å². The lowest BCUT2D eigenvalue weighted by atomic mass is 9.98. The third kappa shape index (κ3) is 10.3. The molecule has 0 radical (unpaired) electrons. The number of hydrogen-bond acceptors (Lipinski definition) is 10. The van der Waals surface area contributed by atoms with Crippen molar-refractivity contribution in [3.05, 3.63) is 24.5 Å². The van der Waals surface area contributed by atoms with E-state index in [0.29, 0.717) is 52.5 Å². The Hall–Kier alpha value is 0.262. The SMILES string of the molecule is Clc1nc(Cl)c(C2OCCO2)s1.Clc1nc(OC2CCCCC2)sc1C1OCCO1.OC1CCCCC1.[AlH3]. The van der Waals surface area contributed by atoms with E-state index in [1.807, 2.05) is 0 Å². The first-order chi connectivity index (χ1) is 18.0. The molecule has 2 aliphatic heterocycles. The van der Waals surface area contributed by atoms with Gasteiger partial charge in [-0.25, -0.2) is 4.98 Å². The Bertz CT molecular complexity index is 948. The van der Waals surface area contributed by atoms with E-state index in [2.05, 4.69) is 9.97 Å². The highest BCUT2D eigenvalue weighted by molar-refractivity contribution is 7.16. The Morgan fingerprint density at radius 1 is 0.684 bits per heavy atom. The predicted octanol–water partition coefficient (Wildman–Crippen LogP) is 6.18. The average molecular weight is 646 g/mol. The third-order valence-electron chi connectivity index (χ3n) is 6.24. The summed E-state index contributed by atoms with van der Waals surface area (Å²) in [6, 6.07) is 0. The van der Waals surface area contributed by atoms with Gasteiger partial charge in [-0.1, -0.05) is 71.8 Å². The smallest absolute Gasteiger partial charge is 0.275 e. The summed E-state index contributed by atoms with van der Waals surface area (Å²) in [5.41, 5.74) is 0. The fraction of sp³-hybridized carbons (Fsp3) is 0.750. The van der Waals surface area contributed by atoms with Gasteiger partial charge in [0.25, 0.3) is 5.19 Å². The molecule has 8 nitrogen and oxygen atoms in total. The molecular formula is C24H36AlCl3N2O6S2. The maximum Gasteiger partial charge on any atom is 0.275 e. The van der Waals surface area contributed by atoms with Crippen LogP contribution >= 0.6 is 57.5 Å². The Labute approximate surface area is 257 Å². The Morgan fingerprint density at radius 3 is 1.61 bits per heavy atom. The Kier molecular flexibility index (Phi) is 14.9. The minimum Gasteiger partial charge on any atom is -0.467 e. The highest BCUT2D eigenvalue weighted by Gasteiger charge is 2.27. The summed E-state index contributed by atoms with van der Waals surface area (Å²) in [5, 5.41) is 10.4. The number of nitrogens with zero attached hydrogens (tertiary/aromatic N) is 2. The molecule has 4 aliphatic rings. The molecule has 0 amide bonds. The predicted molar refractivity (Wildman–Crippen MR) is 155 cm³/mol. The monoisotopic (exact) mass is 644 g/mol. The summed E-state index contributed by atoms with van der Waals surface area (Å²) in [4.78, 5) is 9.66. The third-order valence-corrected chi connectivity index (χ3v) is 9.19. The zero-order valence-corrected chi connectivity index (χ0v) is 24.4. The number of ether oxygens (including phenoxy) is 5. The lowest BCUT2D eigenvalue weighted by Gasteiger charge is -2.21. The van der Waals surface area contributed by atoms with Gasteiger partial charge in [0, 0.05) is 0 Å². The van der Waals surface area contributed by atoms with Crippen LogP contribution in [0.5, 0.6) is 5.19 Å². The lowest BCUT2D eigenvalue weighted by molar-refractivity contribution is -0.0416. The number of halogens is 3. The van der Waals surface area contributed by atoms with Gasteiger partial charge in [0.1, 0.15) is 21.0 Å². The average Bonchev–Trinajstić information content (AvgIpc) is 3.70. The minimum absolute atomic E-state index is 0. The van der Waals surface area contributed by atoms with E-state index in [9.17, 15) is 0 Å². The van der Waals surface area contributed by atoms with E-state index in [-0.39, 0.29) is 36.0 Å². The molecule has 214 valence electrons. The van der Waals surface area contributed by atoms with Gasteiger partial charge in [0.15, 0.2) is 39.6 Å². The first-order valence-corrected chi connectivity index (χ1v) is 15.6. The van der Waals surface area contributed by atoms with E-state index in [1.54, 1.807) is 0 Å². The van der Waals surface area contributed by atoms with E-state index in [1.165, 1.54) is 61.2 Å². The molecule has 0 spiro atoms. The molecule has 2 saturated carbocycles. The molecule has 0 aromatic carbocycles. The van der Waals surface area contributed by atoms with Crippen LogP contribution in [-0.2, 0) is 18.9 Å². The summed E-state index contributed by atoms with van der Waals surface area (Å²) in [7, 11) is 0. The summed E-state index contributed by atoms with van der Waals surface area (Å²) >= 11 is 20.3. The maximum atomic E-state index is 8.91. The fourth-order valence-corrected chi connectivity index (χ4v) is 6.95. The second kappa shape index (κ2) is 17.3. The van der Waals surface area contributed by atoms with Crippen molar-refractivity contribution >= 4 is 74.8 Å². The van der Waals surface area contributed by atoms with Crippen LogP contribution in [0.1, 0.15) is 86.5 Å². The van der Waals surface area contributed by atoms with E-state index in [4.69, 9.17) is 63.6 Å². The Balaban J connectivity index is 0.000000173. The molecule has 0 bridgehead atoms. The molecule has 2 saturated heterocycles. The molecule has 6 rings (SSSR count). The van der Waals surface area contributed by atoms with Crippen LogP contribution in [0.25, 0.3) is 0 Å². The minimum atomic E-state index is -0.373. The first-order valence-electron chi connectivity index (χ1n) is 12.8. The highest BCUT2D eigenvalue weighted by Crippen LogP contribution is 2.39. The van der Waals surface area contributed by atoms with Crippen molar-refractivity contribution in [2.24, 2.45) is 0 Å². The number of hydrogen-bond donors (Lipinski definition) is 1. The van der Waals surface area contributed by atoms with Crippen molar-refractivity contribution in [3.63, 3.8) is 0 Å². The summed E-state index contributed by atoms with van der Waals surface area (Å²) in [6.45, 7) is 2.41. The van der Waals surface area contributed by atoms with Gasteiger partial charge in [0.2, 0.25) is 0 Å². The van der Waals surface area contributed by atoms with Gasteiger partial charge in [-0.3, -0.25) is 0 Å². The zero-order valence-electron chi connectivity index (χ0n) is 20.5. The van der Waals surface area contributed by atoms with Crippen LogP contribution in [0.15, 0.2) is 0 Å². The standard InChI is InChI=1S/C12H16ClNO3S.C6H5Cl2NO2S.C6H12O.Al.3H/c13-10-9(11-15-6-7-16-11)18-12(14-10)17-8-4-2-1-3-5-8;7-4-3(12-6(8)9-4)5-10-1-2-11-5;7-6-4-2-1-3-5-6;;;;/h8,11H,1-7H2;5H,1-2H2;6-7H,1-5H2;;;;. The molecule has 14 heteroatoms. The number of thiazole rings is 2. The molecule has 0 atom stereocenters.